The van der Waals surface area contributed by atoms with Crippen LogP contribution in [0.2, 0.25) is 0 Å². The molecule has 0 radical (unpaired) electrons. The highest BCUT2D eigenvalue weighted by atomic mass is 19.1. The van der Waals surface area contributed by atoms with Crippen LogP contribution in [0.3, 0.4) is 0 Å². The number of carbonyl (C=O) groups is 1. The van der Waals surface area contributed by atoms with Crippen molar-refractivity contribution >= 4 is 5.97 Å². The normalized spacial score (nSPS) is 14.6. The molecule has 0 aromatic heterocycles. The maximum absolute atomic E-state index is 13.3. The monoisotopic (exact) mass is 254 g/mol. The molecule has 98 valence electrons. The van der Waals surface area contributed by atoms with Crippen LogP contribution in [0.25, 0.3) is 0 Å². The Hall–Kier alpha value is -1.78. The molecular formula is C13H15FO4. The number of halogens is 1. The van der Waals surface area contributed by atoms with E-state index in [1.54, 1.807) is 12.1 Å². The van der Waals surface area contributed by atoms with Gasteiger partial charge in [0.2, 0.25) is 6.79 Å². The molecule has 1 heterocycles. The van der Waals surface area contributed by atoms with Gasteiger partial charge in [-0.15, -0.1) is 0 Å². The van der Waals surface area contributed by atoms with Crippen LogP contribution in [0.15, 0.2) is 12.1 Å². The molecule has 0 amide bonds. The molecule has 1 aromatic rings. The van der Waals surface area contributed by atoms with Gasteiger partial charge >= 0.3 is 5.97 Å². The van der Waals surface area contributed by atoms with Gasteiger partial charge in [-0.3, -0.25) is 4.79 Å². The summed E-state index contributed by atoms with van der Waals surface area (Å²) in [5.74, 6) is 0.325. The summed E-state index contributed by atoms with van der Waals surface area (Å²) in [6.45, 7) is 1.59. The van der Waals surface area contributed by atoms with Crippen LogP contribution in [-0.4, -0.2) is 17.9 Å². The van der Waals surface area contributed by atoms with E-state index in [-0.39, 0.29) is 13.2 Å². The van der Waals surface area contributed by atoms with Gasteiger partial charge in [-0.25, -0.2) is 4.39 Å². The van der Waals surface area contributed by atoms with Crippen molar-refractivity contribution in [1.29, 1.82) is 0 Å². The fourth-order valence-electron chi connectivity index (χ4n) is 1.95. The Morgan fingerprint density at radius 1 is 1.50 bits per heavy atom. The van der Waals surface area contributed by atoms with Crippen molar-refractivity contribution < 1.29 is 23.8 Å². The van der Waals surface area contributed by atoms with Gasteiger partial charge in [-0.05, 0) is 43.0 Å². The minimum Gasteiger partial charge on any atom is -0.481 e. The molecule has 2 rings (SSSR count). The van der Waals surface area contributed by atoms with E-state index in [0.717, 1.165) is 5.56 Å². The Labute approximate surface area is 104 Å². The largest absolute Gasteiger partial charge is 0.481 e. The zero-order valence-corrected chi connectivity index (χ0v) is 10.1. The third-order valence-electron chi connectivity index (χ3n) is 2.87. The summed E-state index contributed by atoms with van der Waals surface area (Å²) in [7, 11) is 0. The third kappa shape index (κ3) is 2.72. The van der Waals surface area contributed by atoms with Crippen LogP contribution in [0.1, 0.15) is 37.1 Å². The molecule has 0 saturated heterocycles. The summed E-state index contributed by atoms with van der Waals surface area (Å²) in [5, 5.41) is 8.61. The van der Waals surface area contributed by atoms with Gasteiger partial charge in [-0.1, -0.05) is 0 Å². The van der Waals surface area contributed by atoms with Crippen molar-refractivity contribution in [2.24, 2.45) is 0 Å². The van der Waals surface area contributed by atoms with E-state index in [1.165, 1.54) is 6.92 Å². The SMILES string of the molecule is CC(F)c1cc(CCCC(=O)O)c2c(c1)OCO2. The summed E-state index contributed by atoms with van der Waals surface area (Å²) in [4.78, 5) is 10.5. The van der Waals surface area contributed by atoms with Gasteiger partial charge in [0.1, 0.15) is 6.17 Å². The fourth-order valence-corrected chi connectivity index (χ4v) is 1.95. The Morgan fingerprint density at radius 2 is 2.28 bits per heavy atom. The van der Waals surface area contributed by atoms with Gasteiger partial charge in [0, 0.05) is 6.42 Å². The van der Waals surface area contributed by atoms with E-state index < -0.39 is 12.1 Å². The number of aliphatic carboxylic acids is 1. The van der Waals surface area contributed by atoms with Crippen molar-refractivity contribution in [2.75, 3.05) is 6.79 Å². The Kier molecular flexibility index (Phi) is 3.69. The molecule has 18 heavy (non-hydrogen) atoms. The number of hydrogen-bond acceptors (Lipinski definition) is 3. The first-order valence-corrected chi connectivity index (χ1v) is 5.86. The standard InChI is InChI=1S/C13H15FO4/c1-8(14)10-5-9(3-2-4-12(15)16)13-11(6-10)17-7-18-13/h5-6,8H,2-4,7H2,1H3,(H,15,16). The van der Waals surface area contributed by atoms with E-state index in [9.17, 15) is 9.18 Å². The predicted molar refractivity (Wildman–Crippen MR) is 62.7 cm³/mol. The third-order valence-corrected chi connectivity index (χ3v) is 2.87. The number of fused-ring (bicyclic) bond motifs is 1. The highest BCUT2D eigenvalue weighted by Crippen LogP contribution is 2.39. The van der Waals surface area contributed by atoms with E-state index in [0.29, 0.717) is 29.9 Å². The molecule has 0 saturated carbocycles. The molecule has 1 aliphatic heterocycles. The number of carboxylic acid groups (broad SMARTS) is 1. The van der Waals surface area contributed by atoms with Gasteiger partial charge in [0.25, 0.3) is 0 Å². The lowest BCUT2D eigenvalue weighted by molar-refractivity contribution is -0.137. The smallest absolute Gasteiger partial charge is 0.303 e. The molecular weight excluding hydrogens is 239 g/mol. The first-order chi connectivity index (χ1) is 8.58. The molecule has 5 heteroatoms. The van der Waals surface area contributed by atoms with Crippen LogP contribution < -0.4 is 9.47 Å². The lowest BCUT2D eigenvalue weighted by Crippen LogP contribution is -1.98. The molecule has 1 atom stereocenters. The van der Waals surface area contributed by atoms with E-state index in [2.05, 4.69) is 0 Å². The number of rotatable bonds is 5. The van der Waals surface area contributed by atoms with Crippen LogP contribution in [0.4, 0.5) is 4.39 Å². The minimum absolute atomic E-state index is 0.0883. The quantitative estimate of drug-likeness (QED) is 0.877. The highest BCUT2D eigenvalue weighted by Gasteiger charge is 2.20. The predicted octanol–water partition coefficient (Wildman–Crippen LogP) is 2.85. The molecule has 1 aromatic carbocycles. The van der Waals surface area contributed by atoms with E-state index in [4.69, 9.17) is 14.6 Å². The number of aryl methyl sites for hydroxylation is 1. The van der Waals surface area contributed by atoms with Crippen LogP contribution in [0, 0.1) is 0 Å². The molecule has 0 bridgehead atoms. The van der Waals surface area contributed by atoms with Crippen molar-refractivity contribution in [3.63, 3.8) is 0 Å². The molecule has 1 N–H and O–H groups in total. The second kappa shape index (κ2) is 5.25. The summed E-state index contributed by atoms with van der Waals surface area (Å²) >= 11 is 0. The second-order valence-electron chi connectivity index (χ2n) is 4.28. The number of hydrogen-bond donors (Lipinski definition) is 1. The molecule has 1 unspecified atom stereocenters. The maximum atomic E-state index is 13.3. The fraction of sp³-hybridized carbons (Fsp3) is 0.462. The lowest BCUT2D eigenvalue weighted by Gasteiger charge is -2.09. The molecule has 1 aliphatic rings. The zero-order valence-electron chi connectivity index (χ0n) is 10.1. The van der Waals surface area contributed by atoms with Gasteiger partial charge < -0.3 is 14.6 Å². The van der Waals surface area contributed by atoms with E-state index >= 15 is 0 Å². The van der Waals surface area contributed by atoms with Crippen molar-refractivity contribution in [3.05, 3.63) is 23.3 Å². The second-order valence-corrected chi connectivity index (χ2v) is 4.28. The Bertz CT molecular complexity index is 457. The van der Waals surface area contributed by atoms with Crippen molar-refractivity contribution in [1.82, 2.24) is 0 Å². The average Bonchev–Trinajstić information content (AvgIpc) is 2.76. The Morgan fingerprint density at radius 3 is 2.94 bits per heavy atom. The summed E-state index contributed by atoms with van der Waals surface area (Å²) in [6, 6.07) is 3.35. The van der Waals surface area contributed by atoms with Crippen molar-refractivity contribution in [2.45, 2.75) is 32.4 Å². The number of alkyl halides is 1. The first-order valence-electron chi connectivity index (χ1n) is 5.86. The Balaban J connectivity index is 2.19. The van der Waals surface area contributed by atoms with Gasteiger partial charge in [0.15, 0.2) is 11.5 Å². The summed E-state index contributed by atoms with van der Waals surface area (Å²) in [6.07, 6.45) is 0.0384. The highest BCUT2D eigenvalue weighted by molar-refractivity contribution is 5.66. The molecule has 0 fully saturated rings. The number of benzene rings is 1. The molecule has 4 nitrogen and oxygen atoms in total. The molecule has 0 spiro atoms. The van der Waals surface area contributed by atoms with Crippen LogP contribution in [-0.2, 0) is 11.2 Å². The van der Waals surface area contributed by atoms with Gasteiger partial charge in [-0.2, -0.15) is 0 Å². The number of ether oxygens (including phenoxy) is 2. The zero-order chi connectivity index (χ0) is 13.1. The minimum atomic E-state index is -1.09. The topological polar surface area (TPSA) is 55.8 Å². The van der Waals surface area contributed by atoms with Crippen molar-refractivity contribution in [3.8, 4) is 11.5 Å². The number of carboxylic acids is 1. The van der Waals surface area contributed by atoms with Crippen LogP contribution >= 0.6 is 0 Å². The first kappa shape index (κ1) is 12.7. The van der Waals surface area contributed by atoms with E-state index in [1.807, 2.05) is 0 Å². The lowest BCUT2D eigenvalue weighted by atomic mass is 10.0. The summed E-state index contributed by atoms with van der Waals surface area (Å²) < 4.78 is 23.9. The van der Waals surface area contributed by atoms with Crippen LogP contribution in [0.5, 0.6) is 11.5 Å². The molecule has 0 aliphatic carbocycles. The van der Waals surface area contributed by atoms with Gasteiger partial charge in [0.05, 0.1) is 0 Å². The maximum Gasteiger partial charge on any atom is 0.303 e. The average molecular weight is 254 g/mol. The summed E-state index contributed by atoms with van der Waals surface area (Å²) in [5.41, 5.74) is 1.34.